The van der Waals surface area contributed by atoms with Gasteiger partial charge in [-0.2, -0.15) is 0 Å². The van der Waals surface area contributed by atoms with Crippen molar-refractivity contribution in [2.45, 2.75) is 5.92 Å². The van der Waals surface area contributed by atoms with Crippen LogP contribution in [0.2, 0.25) is 0 Å². The lowest BCUT2D eigenvalue weighted by Gasteiger charge is -2.14. The molecule has 1 aromatic heterocycles. The van der Waals surface area contributed by atoms with Gasteiger partial charge in [0.15, 0.2) is 0 Å². The molecular formula is C21H18N2O4. The van der Waals surface area contributed by atoms with Crippen molar-refractivity contribution in [2.24, 2.45) is 7.05 Å². The highest BCUT2D eigenvalue weighted by atomic mass is 16.5. The molecule has 2 aromatic carbocycles. The highest BCUT2D eigenvalue weighted by molar-refractivity contribution is 5.85. The van der Waals surface area contributed by atoms with E-state index >= 15 is 0 Å². The van der Waals surface area contributed by atoms with Crippen molar-refractivity contribution in [3.05, 3.63) is 71.9 Å². The Kier molecular flexibility index (Phi) is 4.38. The highest BCUT2D eigenvalue weighted by Crippen LogP contribution is 2.44. The molecule has 6 heteroatoms. The van der Waals surface area contributed by atoms with E-state index in [0.717, 1.165) is 11.1 Å². The monoisotopic (exact) mass is 362 g/mol. The standard InChI is InChI=1S/C21H18N2O4/c1-23-11-14(10-20(23)27-13-24)22-21(25)26-12-19-17-8-4-2-6-15(17)16-7-3-5-9-18(16)19/h2-11,13,19H,12H2,1H3,(H,22,25). The number of anilines is 1. The van der Waals surface area contributed by atoms with Crippen LogP contribution in [0.1, 0.15) is 17.0 Å². The summed E-state index contributed by atoms with van der Waals surface area (Å²) in [4.78, 5) is 22.7. The third-order valence-corrected chi connectivity index (χ3v) is 4.72. The highest BCUT2D eigenvalue weighted by Gasteiger charge is 2.29. The van der Waals surface area contributed by atoms with Crippen molar-refractivity contribution in [3.8, 4) is 17.0 Å². The average molecular weight is 362 g/mol. The van der Waals surface area contributed by atoms with Gasteiger partial charge in [-0.3, -0.25) is 10.1 Å². The summed E-state index contributed by atoms with van der Waals surface area (Å²) in [5, 5.41) is 2.66. The van der Waals surface area contributed by atoms with Gasteiger partial charge >= 0.3 is 6.09 Å². The third kappa shape index (κ3) is 3.17. The summed E-state index contributed by atoms with van der Waals surface area (Å²) in [6, 6.07) is 17.9. The summed E-state index contributed by atoms with van der Waals surface area (Å²) in [5.74, 6) is 0.340. The van der Waals surface area contributed by atoms with E-state index in [1.807, 2.05) is 24.3 Å². The van der Waals surface area contributed by atoms with Gasteiger partial charge in [0.1, 0.15) is 6.61 Å². The summed E-state index contributed by atoms with van der Waals surface area (Å²) in [5.41, 5.74) is 5.17. The van der Waals surface area contributed by atoms with Crippen molar-refractivity contribution < 1.29 is 19.1 Å². The molecule has 136 valence electrons. The van der Waals surface area contributed by atoms with Crippen LogP contribution in [-0.2, 0) is 16.6 Å². The topological polar surface area (TPSA) is 69.6 Å². The first kappa shape index (κ1) is 16.9. The third-order valence-electron chi connectivity index (χ3n) is 4.72. The summed E-state index contributed by atoms with van der Waals surface area (Å²) < 4.78 is 11.9. The van der Waals surface area contributed by atoms with Gasteiger partial charge in [0.05, 0.1) is 5.69 Å². The number of benzene rings is 2. The maximum Gasteiger partial charge on any atom is 0.411 e. The van der Waals surface area contributed by atoms with Crippen LogP contribution in [0, 0.1) is 0 Å². The molecule has 6 nitrogen and oxygen atoms in total. The fraction of sp³-hybridized carbons (Fsp3) is 0.143. The Morgan fingerprint density at radius 2 is 1.74 bits per heavy atom. The normalized spacial score (nSPS) is 12.2. The number of aromatic nitrogens is 1. The quantitative estimate of drug-likeness (QED) is 0.699. The van der Waals surface area contributed by atoms with E-state index in [-0.39, 0.29) is 12.5 Å². The Balaban J connectivity index is 1.46. The molecule has 1 aliphatic rings. The van der Waals surface area contributed by atoms with Crippen LogP contribution in [0.3, 0.4) is 0 Å². The van der Waals surface area contributed by atoms with Gasteiger partial charge in [-0.1, -0.05) is 48.5 Å². The fourth-order valence-corrected chi connectivity index (χ4v) is 3.53. The molecule has 0 atom stereocenters. The minimum Gasteiger partial charge on any atom is -0.448 e. The van der Waals surface area contributed by atoms with Crippen molar-refractivity contribution in [1.29, 1.82) is 0 Å². The second kappa shape index (κ2) is 6.99. The molecule has 0 radical (unpaired) electrons. The van der Waals surface area contributed by atoms with Crippen molar-refractivity contribution in [3.63, 3.8) is 0 Å². The van der Waals surface area contributed by atoms with Crippen LogP contribution >= 0.6 is 0 Å². The Hall–Kier alpha value is -3.54. The summed E-state index contributed by atoms with van der Waals surface area (Å²) in [6.07, 6.45) is 1.08. The van der Waals surface area contributed by atoms with Crippen LogP contribution in [0.5, 0.6) is 5.88 Å². The lowest BCUT2D eigenvalue weighted by Crippen LogP contribution is -2.17. The number of fused-ring (bicyclic) bond motifs is 3. The van der Waals surface area contributed by atoms with Crippen LogP contribution in [0.25, 0.3) is 11.1 Å². The van der Waals surface area contributed by atoms with E-state index < -0.39 is 6.09 Å². The number of hydrogen-bond donors (Lipinski definition) is 1. The zero-order chi connectivity index (χ0) is 18.8. The molecule has 0 unspecified atom stereocenters. The number of amides is 1. The molecule has 1 amide bonds. The maximum atomic E-state index is 12.2. The molecule has 3 aromatic rings. The molecule has 0 aliphatic heterocycles. The van der Waals surface area contributed by atoms with Gasteiger partial charge in [0, 0.05) is 25.2 Å². The van der Waals surface area contributed by atoms with Crippen LogP contribution in [0.15, 0.2) is 60.8 Å². The first-order valence-corrected chi connectivity index (χ1v) is 8.56. The van der Waals surface area contributed by atoms with Gasteiger partial charge in [0.2, 0.25) is 5.88 Å². The molecule has 0 bridgehead atoms. The van der Waals surface area contributed by atoms with Gasteiger partial charge in [-0.15, -0.1) is 0 Å². The molecule has 0 saturated heterocycles. The summed E-state index contributed by atoms with van der Waals surface area (Å²) in [6.45, 7) is 0.580. The number of hydrogen-bond acceptors (Lipinski definition) is 4. The smallest absolute Gasteiger partial charge is 0.411 e. The molecule has 4 rings (SSSR count). The second-order valence-electron chi connectivity index (χ2n) is 6.34. The minimum atomic E-state index is -0.555. The molecule has 1 heterocycles. The van der Waals surface area contributed by atoms with E-state index in [4.69, 9.17) is 9.47 Å². The Bertz CT molecular complexity index is 963. The molecular weight excluding hydrogens is 344 g/mol. The van der Waals surface area contributed by atoms with E-state index in [9.17, 15) is 9.59 Å². The largest absolute Gasteiger partial charge is 0.448 e. The van der Waals surface area contributed by atoms with E-state index in [0.29, 0.717) is 18.0 Å². The Morgan fingerprint density at radius 1 is 1.11 bits per heavy atom. The molecule has 27 heavy (non-hydrogen) atoms. The fourth-order valence-electron chi connectivity index (χ4n) is 3.53. The molecule has 0 saturated carbocycles. The zero-order valence-corrected chi connectivity index (χ0v) is 14.7. The molecule has 1 N–H and O–H groups in total. The number of ether oxygens (including phenoxy) is 2. The predicted octanol–water partition coefficient (Wildman–Crippen LogP) is 3.92. The van der Waals surface area contributed by atoms with Crippen molar-refractivity contribution >= 4 is 18.3 Å². The van der Waals surface area contributed by atoms with E-state index in [1.165, 1.54) is 11.1 Å². The number of carbonyl (C=O) groups excluding carboxylic acids is 2. The van der Waals surface area contributed by atoms with Crippen molar-refractivity contribution in [2.75, 3.05) is 11.9 Å². The van der Waals surface area contributed by atoms with Crippen LogP contribution in [0.4, 0.5) is 10.5 Å². The number of nitrogens with one attached hydrogen (secondary N) is 1. The van der Waals surface area contributed by atoms with Gasteiger partial charge < -0.3 is 14.0 Å². The summed E-state index contributed by atoms with van der Waals surface area (Å²) in [7, 11) is 1.71. The van der Waals surface area contributed by atoms with Crippen molar-refractivity contribution in [1.82, 2.24) is 4.57 Å². The van der Waals surface area contributed by atoms with Crippen LogP contribution in [-0.4, -0.2) is 23.7 Å². The van der Waals surface area contributed by atoms with E-state index in [2.05, 4.69) is 29.6 Å². The molecule has 1 aliphatic carbocycles. The molecule has 0 fully saturated rings. The lowest BCUT2D eigenvalue weighted by atomic mass is 9.98. The SMILES string of the molecule is Cn1cc(NC(=O)OCC2c3ccccc3-c3ccccc32)cc1OC=O. The zero-order valence-electron chi connectivity index (χ0n) is 14.7. The second-order valence-corrected chi connectivity index (χ2v) is 6.34. The van der Waals surface area contributed by atoms with Gasteiger partial charge in [-0.25, -0.2) is 4.79 Å². The first-order chi connectivity index (χ1) is 13.2. The van der Waals surface area contributed by atoms with E-state index in [1.54, 1.807) is 23.9 Å². The number of rotatable bonds is 5. The Morgan fingerprint density at radius 3 is 2.37 bits per heavy atom. The maximum absolute atomic E-state index is 12.2. The van der Waals surface area contributed by atoms with Gasteiger partial charge in [-0.05, 0) is 22.3 Å². The number of carbonyl (C=O) groups is 2. The Labute approximate surface area is 156 Å². The minimum absolute atomic E-state index is 0.00730. The first-order valence-electron chi connectivity index (χ1n) is 8.56. The predicted molar refractivity (Wildman–Crippen MR) is 101 cm³/mol. The summed E-state index contributed by atoms with van der Waals surface area (Å²) >= 11 is 0. The number of aryl methyl sites for hydroxylation is 1. The average Bonchev–Trinajstić information content (AvgIpc) is 3.18. The molecule has 0 spiro atoms. The van der Waals surface area contributed by atoms with Gasteiger partial charge in [0.25, 0.3) is 6.47 Å². The number of nitrogens with zero attached hydrogens (tertiary/aromatic N) is 1. The lowest BCUT2D eigenvalue weighted by molar-refractivity contribution is -0.121. The van der Waals surface area contributed by atoms with Crippen LogP contribution < -0.4 is 10.1 Å².